The highest BCUT2D eigenvalue weighted by molar-refractivity contribution is 7.16. The Bertz CT molecular complexity index is 1090. The fourth-order valence-corrected chi connectivity index (χ4v) is 3.41. The fraction of sp³-hybridized carbons (Fsp3) is 0.125. The number of carbonyl (C=O) groups is 1. The van der Waals surface area contributed by atoms with Gasteiger partial charge in [0.1, 0.15) is 17.1 Å². The molecule has 0 radical (unpaired) electrons. The van der Waals surface area contributed by atoms with Crippen molar-refractivity contribution < 1.29 is 19.1 Å². The molecule has 0 bridgehead atoms. The van der Waals surface area contributed by atoms with Crippen LogP contribution >= 0.6 is 11.3 Å². The van der Waals surface area contributed by atoms with Crippen molar-refractivity contribution >= 4 is 28.3 Å². The molecule has 0 unspecified atom stereocenters. The summed E-state index contributed by atoms with van der Waals surface area (Å²) in [5.74, 6) is 0.222. The van der Waals surface area contributed by atoms with E-state index in [4.69, 9.17) is 4.42 Å². The summed E-state index contributed by atoms with van der Waals surface area (Å²) in [7, 11) is 1.27. The molecule has 0 aliphatic rings. The van der Waals surface area contributed by atoms with Crippen molar-refractivity contribution in [2.45, 2.75) is 6.92 Å². The van der Waals surface area contributed by atoms with Crippen LogP contribution in [0.2, 0.25) is 0 Å². The van der Waals surface area contributed by atoms with Crippen molar-refractivity contribution in [2.24, 2.45) is 0 Å². The molecule has 0 aliphatic heterocycles. The Balaban J connectivity index is 1.78. The number of aromatic hydroxyl groups is 1. The molecule has 9 heteroatoms. The molecule has 126 valence electrons. The molecule has 0 aliphatic carbocycles. The van der Waals surface area contributed by atoms with Crippen molar-refractivity contribution in [1.29, 1.82) is 0 Å². The van der Waals surface area contributed by atoms with Crippen molar-refractivity contribution in [3.63, 3.8) is 0 Å². The molecule has 0 amide bonds. The molecule has 1 aromatic carbocycles. The number of nitrogens with zero attached hydrogens (tertiary/aromatic N) is 4. The Labute approximate surface area is 145 Å². The van der Waals surface area contributed by atoms with Crippen molar-refractivity contribution in [3.8, 4) is 22.2 Å². The summed E-state index contributed by atoms with van der Waals surface area (Å²) in [5.41, 5.74) is 2.31. The van der Waals surface area contributed by atoms with Crippen molar-refractivity contribution in [3.05, 3.63) is 41.4 Å². The number of fused-ring (bicyclic) bond motifs is 1. The first-order valence-corrected chi connectivity index (χ1v) is 8.07. The minimum absolute atomic E-state index is 0.119. The van der Waals surface area contributed by atoms with Gasteiger partial charge < -0.3 is 14.3 Å². The number of esters is 1. The SMILES string of the molecule is COC(=O)c1sc(-n2cnc3cc(-c4nnc(C)o4)ccc32)cc1O. The third-order valence-corrected chi connectivity index (χ3v) is 4.73. The van der Waals surface area contributed by atoms with Crippen LogP contribution < -0.4 is 0 Å². The molecule has 8 nitrogen and oxygen atoms in total. The van der Waals surface area contributed by atoms with Crippen molar-refractivity contribution in [2.75, 3.05) is 7.11 Å². The second-order valence-corrected chi connectivity index (χ2v) is 6.27. The zero-order valence-electron chi connectivity index (χ0n) is 13.3. The maximum absolute atomic E-state index is 11.7. The molecule has 3 aromatic heterocycles. The van der Waals surface area contributed by atoms with Crippen LogP contribution in [0.5, 0.6) is 5.75 Å². The van der Waals surface area contributed by atoms with E-state index in [1.807, 2.05) is 18.2 Å². The Kier molecular flexibility index (Phi) is 3.50. The molecule has 1 N–H and O–H groups in total. The number of hydrogen-bond donors (Lipinski definition) is 1. The van der Waals surface area contributed by atoms with Gasteiger partial charge in [0.25, 0.3) is 0 Å². The zero-order valence-corrected chi connectivity index (χ0v) is 14.1. The number of thiophene rings is 1. The van der Waals surface area contributed by atoms with Crippen LogP contribution in [0.4, 0.5) is 0 Å². The lowest BCUT2D eigenvalue weighted by atomic mass is 10.2. The summed E-state index contributed by atoms with van der Waals surface area (Å²) >= 11 is 1.13. The monoisotopic (exact) mass is 356 g/mol. The predicted molar refractivity (Wildman–Crippen MR) is 90.0 cm³/mol. The maximum atomic E-state index is 11.7. The summed E-state index contributed by atoms with van der Waals surface area (Å²) < 4.78 is 11.9. The third kappa shape index (κ3) is 2.54. The van der Waals surface area contributed by atoms with Crippen LogP contribution in [0.3, 0.4) is 0 Å². The van der Waals surface area contributed by atoms with Gasteiger partial charge in [0.05, 0.1) is 18.1 Å². The first kappa shape index (κ1) is 15.3. The van der Waals surface area contributed by atoms with Crippen LogP contribution in [0, 0.1) is 6.92 Å². The largest absolute Gasteiger partial charge is 0.506 e. The second kappa shape index (κ2) is 5.71. The Morgan fingerprint density at radius 1 is 1.32 bits per heavy atom. The minimum Gasteiger partial charge on any atom is -0.506 e. The third-order valence-electron chi connectivity index (χ3n) is 3.63. The molecule has 4 rings (SSSR count). The molecular weight excluding hydrogens is 344 g/mol. The Hall–Kier alpha value is -3.20. The lowest BCUT2D eigenvalue weighted by molar-refractivity contribution is 0.0603. The van der Waals surface area contributed by atoms with Gasteiger partial charge in [-0.25, -0.2) is 9.78 Å². The molecular formula is C16H12N4O4S. The van der Waals surface area contributed by atoms with Gasteiger partial charge in [-0.15, -0.1) is 21.5 Å². The fourth-order valence-electron chi connectivity index (χ4n) is 2.46. The van der Waals surface area contributed by atoms with Crippen LogP contribution in [0.1, 0.15) is 15.6 Å². The number of imidazole rings is 1. The van der Waals surface area contributed by atoms with E-state index in [1.165, 1.54) is 13.2 Å². The quantitative estimate of drug-likeness (QED) is 0.563. The average Bonchev–Trinajstić information content (AvgIpc) is 3.31. The van der Waals surface area contributed by atoms with Gasteiger partial charge in [-0.2, -0.15) is 0 Å². The van der Waals surface area contributed by atoms with E-state index < -0.39 is 5.97 Å². The molecule has 0 spiro atoms. The summed E-state index contributed by atoms with van der Waals surface area (Å²) in [6.45, 7) is 1.73. The summed E-state index contributed by atoms with van der Waals surface area (Å²) in [6.07, 6.45) is 1.62. The smallest absolute Gasteiger partial charge is 0.351 e. The Morgan fingerprint density at radius 3 is 2.88 bits per heavy atom. The van der Waals surface area contributed by atoms with E-state index in [2.05, 4.69) is 19.9 Å². The Morgan fingerprint density at radius 2 is 2.16 bits per heavy atom. The highest BCUT2D eigenvalue weighted by Gasteiger charge is 2.18. The first-order chi connectivity index (χ1) is 12.1. The summed E-state index contributed by atoms with van der Waals surface area (Å²) in [6, 6.07) is 7.06. The highest BCUT2D eigenvalue weighted by atomic mass is 32.1. The number of aromatic nitrogens is 4. The maximum Gasteiger partial charge on any atom is 0.351 e. The van der Waals surface area contributed by atoms with E-state index in [1.54, 1.807) is 17.8 Å². The first-order valence-electron chi connectivity index (χ1n) is 7.26. The molecule has 0 saturated heterocycles. The molecule has 3 heterocycles. The van der Waals surface area contributed by atoms with E-state index in [0.717, 1.165) is 27.9 Å². The van der Waals surface area contributed by atoms with Gasteiger partial charge in [0, 0.05) is 18.6 Å². The van der Waals surface area contributed by atoms with E-state index in [0.29, 0.717) is 16.8 Å². The summed E-state index contributed by atoms with van der Waals surface area (Å²) in [5, 5.41) is 18.4. The predicted octanol–water partition coefficient (Wildman–Crippen LogP) is 2.94. The van der Waals surface area contributed by atoms with Gasteiger partial charge >= 0.3 is 5.97 Å². The standard InChI is InChI=1S/C16H12N4O4S/c1-8-18-19-15(24-8)9-3-4-11-10(5-9)17-7-20(11)13-6-12(21)14(25-13)16(22)23-2/h3-7,21H,1-2H3. The minimum atomic E-state index is -0.577. The van der Waals surface area contributed by atoms with Gasteiger partial charge in [-0.3, -0.25) is 4.57 Å². The van der Waals surface area contributed by atoms with Gasteiger partial charge in [0.15, 0.2) is 4.88 Å². The van der Waals surface area contributed by atoms with E-state index >= 15 is 0 Å². The zero-order chi connectivity index (χ0) is 17.6. The normalized spacial score (nSPS) is 11.1. The number of ether oxygens (including phenoxy) is 1. The summed E-state index contributed by atoms with van der Waals surface area (Å²) in [4.78, 5) is 16.2. The average molecular weight is 356 g/mol. The number of carbonyl (C=O) groups excluding carboxylic acids is 1. The van der Waals surface area contributed by atoms with Gasteiger partial charge in [-0.1, -0.05) is 0 Å². The number of benzene rings is 1. The molecule has 0 saturated carbocycles. The van der Waals surface area contributed by atoms with Crippen LogP contribution in [-0.4, -0.2) is 37.9 Å². The second-order valence-electron chi connectivity index (χ2n) is 5.23. The lowest BCUT2D eigenvalue weighted by Gasteiger charge is -2.00. The number of aryl methyl sites for hydroxylation is 1. The van der Waals surface area contributed by atoms with E-state index in [9.17, 15) is 9.90 Å². The molecule has 0 atom stereocenters. The van der Waals surface area contributed by atoms with Crippen molar-refractivity contribution in [1.82, 2.24) is 19.7 Å². The van der Waals surface area contributed by atoms with Gasteiger partial charge in [-0.05, 0) is 18.2 Å². The number of hydrogen-bond acceptors (Lipinski definition) is 8. The molecule has 25 heavy (non-hydrogen) atoms. The number of rotatable bonds is 3. The van der Waals surface area contributed by atoms with Crippen LogP contribution in [-0.2, 0) is 4.74 Å². The molecule has 0 fully saturated rings. The number of methoxy groups -OCH3 is 1. The molecule has 4 aromatic rings. The van der Waals surface area contributed by atoms with Crippen LogP contribution in [0.15, 0.2) is 35.0 Å². The van der Waals surface area contributed by atoms with E-state index in [-0.39, 0.29) is 10.6 Å². The highest BCUT2D eigenvalue weighted by Crippen LogP contribution is 2.33. The van der Waals surface area contributed by atoms with Crippen LogP contribution in [0.25, 0.3) is 27.5 Å². The van der Waals surface area contributed by atoms with Gasteiger partial charge in [0.2, 0.25) is 11.8 Å². The topological polar surface area (TPSA) is 103 Å². The lowest BCUT2D eigenvalue weighted by Crippen LogP contribution is -1.97.